The number of carbonyl (C=O) groups is 2. The fraction of sp³-hybridized carbons (Fsp3) is 0.105. The number of rotatable bonds is 6. The number of nitrogens with one attached hydrogen (secondary N) is 2. The Hall–Kier alpha value is -3.59. The Morgan fingerprint density at radius 2 is 1.80 bits per heavy atom. The van der Waals surface area contributed by atoms with Crippen molar-refractivity contribution in [1.82, 2.24) is 0 Å². The molecular formula is C19H17N3O3. The van der Waals surface area contributed by atoms with Crippen LogP contribution in [0.2, 0.25) is 0 Å². The van der Waals surface area contributed by atoms with Gasteiger partial charge in [0.2, 0.25) is 0 Å². The van der Waals surface area contributed by atoms with Crippen molar-refractivity contribution in [2.24, 2.45) is 0 Å². The molecule has 2 aromatic rings. The quantitative estimate of drug-likeness (QED) is 0.480. The van der Waals surface area contributed by atoms with Crippen LogP contribution in [0.5, 0.6) is 0 Å². The van der Waals surface area contributed by atoms with E-state index in [1.165, 1.54) is 6.20 Å². The SMILES string of the molecule is CCOC(=O)c1ccccc1NC=C(C#N)C(=O)Nc1ccccc1. The summed E-state index contributed by atoms with van der Waals surface area (Å²) in [4.78, 5) is 24.1. The summed E-state index contributed by atoms with van der Waals surface area (Å²) in [5.74, 6) is -1.03. The summed E-state index contributed by atoms with van der Waals surface area (Å²) in [7, 11) is 0. The summed E-state index contributed by atoms with van der Waals surface area (Å²) in [5, 5.41) is 14.7. The van der Waals surface area contributed by atoms with Gasteiger partial charge < -0.3 is 15.4 Å². The molecule has 2 aromatic carbocycles. The largest absolute Gasteiger partial charge is 0.462 e. The third kappa shape index (κ3) is 4.94. The molecule has 0 fully saturated rings. The molecule has 0 bridgehead atoms. The highest BCUT2D eigenvalue weighted by molar-refractivity contribution is 6.06. The van der Waals surface area contributed by atoms with Crippen LogP contribution in [0, 0.1) is 11.3 Å². The maximum absolute atomic E-state index is 12.2. The van der Waals surface area contributed by atoms with Crippen LogP contribution in [-0.4, -0.2) is 18.5 Å². The summed E-state index contributed by atoms with van der Waals surface area (Å²) < 4.78 is 4.98. The highest BCUT2D eigenvalue weighted by Crippen LogP contribution is 2.17. The number of amides is 1. The van der Waals surface area contributed by atoms with Gasteiger partial charge in [-0.3, -0.25) is 4.79 Å². The van der Waals surface area contributed by atoms with Crippen molar-refractivity contribution < 1.29 is 14.3 Å². The molecule has 0 aromatic heterocycles. The number of anilines is 2. The number of esters is 1. The number of hydrogen-bond donors (Lipinski definition) is 2. The first-order valence-corrected chi connectivity index (χ1v) is 7.65. The summed E-state index contributed by atoms with van der Waals surface area (Å²) >= 11 is 0. The van der Waals surface area contributed by atoms with Crippen LogP contribution in [0.4, 0.5) is 11.4 Å². The van der Waals surface area contributed by atoms with Crippen molar-refractivity contribution in [2.45, 2.75) is 6.92 Å². The topological polar surface area (TPSA) is 91.2 Å². The summed E-state index contributed by atoms with van der Waals surface area (Å²) in [6.07, 6.45) is 1.26. The monoisotopic (exact) mass is 335 g/mol. The van der Waals surface area contributed by atoms with Crippen LogP contribution in [-0.2, 0) is 9.53 Å². The van der Waals surface area contributed by atoms with E-state index in [9.17, 15) is 14.9 Å². The van der Waals surface area contributed by atoms with Crippen molar-refractivity contribution in [1.29, 1.82) is 5.26 Å². The fourth-order valence-corrected chi connectivity index (χ4v) is 2.01. The molecule has 0 spiro atoms. The molecule has 0 saturated carbocycles. The van der Waals surface area contributed by atoms with Crippen LogP contribution in [0.3, 0.4) is 0 Å². The Labute approximate surface area is 145 Å². The molecule has 126 valence electrons. The van der Waals surface area contributed by atoms with Crippen molar-refractivity contribution in [3.63, 3.8) is 0 Å². The Morgan fingerprint density at radius 3 is 2.48 bits per heavy atom. The fourth-order valence-electron chi connectivity index (χ4n) is 2.01. The minimum Gasteiger partial charge on any atom is -0.462 e. The van der Waals surface area contributed by atoms with Gasteiger partial charge in [-0.05, 0) is 31.2 Å². The van der Waals surface area contributed by atoms with Crippen LogP contribution in [0.1, 0.15) is 17.3 Å². The lowest BCUT2D eigenvalue weighted by Crippen LogP contribution is -2.15. The maximum Gasteiger partial charge on any atom is 0.340 e. The molecule has 25 heavy (non-hydrogen) atoms. The van der Waals surface area contributed by atoms with Gasteiger partial charge in [-0.25, -0.2) is 4.79 Å². The molecule has 0 unspecified atom stereocenters. The second-order valence-corrected chi connectivity index (χ2v) is 4.90. The van der Waals surface area contributed by atoms with Gasteiger partial charge in [0.15, 0.2) is 0 Å². The predicted octanol–water partition coefficient (Wildman–Crippen LogP) is 3.32. The van der Waals surface area contributed by atoms with Gasteiger partial charge in [0.05, 0.1) is 17.9 Å². The average molecular weight is 335 g/mol. The molecule has 6 nitrogen and oxygen atoms in total. The number of para-hydroxylation sites is 2. The molecule has 6 heteroatoms. The van der Waals surface area contributed by atoms with Crippen LogP contribution in [0.15, 0.2) is 66.4 Å². The number of carbonyl (C=O) groups excluding carboxylic acids is 2. The Kier molecular flexibility index (Phi) is 6.32. The third-order valence-electron chi connectivity index (χ3n) is 3.19. The van der Waals surface area contributed by atoms with Gasteiger partial charge >= 0.3 is 5.97 Å². The molecule has 0 aliphatic carbocycles. The number of hydrogen-bond acceptors (Lipinski definition) is 5. The molecule has 0 aliphatic heterocycles. The van der Waals surface area contributed by atoms with Crippen LogP contribution < -0.4 is 10.6 Å². The Morgan fingerprint density at radius 1 is 1.12 bits per heavy atom. The van der Waals surface area contributed by atoms with Gasteiger partial charge in [-0.1, -0.05) is 30.3 Å². The van der Waals surface area contributed by atoms with Crippen LogP contribution >= 0.6 is 0 Å². The minimum atomic E-state index is -0.546. The first-order chi connectivity index (χ1) is 12.2. The second kappa shape index (κ2) is 8.89. The summed E-state index contributed by atoms with van der Waals surface area (Å²) in [6, 6.07) is 17.3. The van der Waals surface area contributed by atoms with Gasteiger partial charge in [0.25, 0.3) is 5.91 Å². The highest BCUT2D eigenvalue weighted by atomic mass is 16.5. The van der Waals surface area contributed by atoms with Crippen molar-refractivity contribution >= 4 is 23.3 Å². The standard InChI is InChI=1S/C19H17N3O3/c1-2-25-19(24)16-10-6-7-11-17(16)21-13-14(12-20)18(23)22-15-8-4-3-5-9-15/h3-11,13,21H,2H2,1H3,(H,22,23). The third-order valence-corrected chi connectivity index (χ3v) is 3.19. The lowest BCUT2D eigenvalue weighted by atomic mass is 10.1. The lowest BCUT2D eigenvalue weighted by molar-refractivity contribution is -0.112. The molecule has 0 heterocycles. The van der Waals surface area contributed by atoms with E-state index in [2.05, 4.69) is 10.6 Å². The molecule has 0 aliphatic rings. The number of benzene rings is 2. The van der Waals surface area contributed by atoms with Gasteiger partial charge in [0, 0.05) is 11.9 Å². The molecule has 2 rings (SSSR count). The minimum absolute atomic E-state index is 0.123. The van der Waals surface area contributed by atoms with E-state index in [1.807, 2.05) is 12.1 Å². The number of ether oxygens (including phenoxy) is 1. The number of nitriles is 1. The van der Waals surface area contributed by atoms with Crippen molar-refractivity contribution in [3.05, 3.63) is 71.9 Å². The van der Waals surface area contributed by atoms with Gasteiger partial charge in [-0.15, -0.1) is 0 Å². The smallest absolute Gasteiger partial charge is 0.340 e. The van der Waals surface area contributed by atoms with Gasteiger partial charge in [0.1, 0.15) is 11.6 Å². The second-order valence-electron chi connectivity index (χ2n) is 4.90. The molecule has 1 amide bonds. The first kappa shape index (κ1) is 17.8. The van der Waals surface area contributed by atoms with E-state index in [0.29, 0.717) is 16.9 Å². The van der Waals surface area contributed by atoms with Gasteiger partial charge in [-0.2, -0.15) is 5.26 Å². The molecule has 0 radical (unpaired) electrons. The zero-order valence-electron chi connectivity index (χ0n) is 13.7. The summed E-state index contributed by atoms with van der Waals surface area (Å²) in [5.41, 5.74) is 1.23. The van der Waals surface area contributed by atoms with E-state index >= 15 is 0 Å². The Balaban J connectivity index is 2.15. The lowest BCUT2D eigenvalue weighted by Gasteiger charge is -2.09. The zero-order chi connectivity index (χ0) is 18.1. The maximum atomic E-state index is 12.2. The first-order valence-electron chi connectivity index (χ1n) is 7.65. The van der Waals surface area contributed by atoms with E-state index in [0.717, 1.165) is 0 Å². The molecule has 0 saturated heterocycles. The zero-order valence-corrected chi connectivity index (χ0v) is 13.7. The molecular weight excluding hydrogens is 318 g/mol. The van der Waals surface area contributed by atoms with Crippen molar-refractivity contribution in [2.75, 3.05) is 17.2 Å². The number of nitrogens with zero attached hydrogens (tertiary/aromatic N) is 1. The normalized spacial score (nSPS) is 10.5. The molecule has 2 N–H and O–H groups in total. The summed E-state index contributed by atoms with van der Waals surface area (Å²) in [6.45, 7) is 1.97. The predicted molar refractivity (Wildman–Crippen MR) is 94.8 cm³/mol. The van der Waals surface area contributed by atoms with Crippen molar-refractivity contribution in [3.8, 4) is 6.07 Å². The van der Waals surface area contributed by atoms with E-state index < -0.39 is 11.9 Å². The highest BCUT2D eigenvalue weighted by Gasteiger charge is 2.13. The van der Waals surface area contributed by atoms with Crippen LogP contribution in [0.25, 0.3) is 0 Å². The van der Waals surface area contributed by atoms with E-state index in [-0.39, 0.29) is 12.2 Å². The Bertz CT molecular complexity index is 823. The molecule has 0 atom stereocenters. The van der Waals surface area contributed by atoms with E-state index in [4.69, 9.17) is 4.74 Å². The van der Waals surface area contributed by atoms with E-state index in [1.54, 1.807) is 55.5 Å². The average Bonchev–Trinajstić information content (AvgIpc) is 2.63.